The molecule has 0 saturated heterocycles. The lowest BCUT2D eigenvalue weighted by atomic mass is 10.2. The highest BCUT2D eigenvalue weighted by atomic mass is 16.5. The molecule has 5 nitrogen and oxygen atoms in total. The number of aromatic nitrogens is 2. The Labute approximate surface area is 112 Å². The molecular formula is C14H17N3O2. The topological polar surface area (TPSA) is 74.2 Å². The maximum atomic E-state index is 5.62. The van der Waals surface area contributed by atoms with Crippen molar-refractivity contribution in [3.05, 3.63) is 41.5 Å². The summed E-state index contributed by atoms with van der Waals surface area (Å²) in [6.45, 7) is 0.700. The number of hydrogen-bond donors (Lipinski definition) is 1. The molecule has 0 radical (unpaired) electrons. The molecule has 0 aliphatic heterocycles. The minimum Gasteiger partial charge on any atom is -0.399 e. The maximum absolute atomic E-state index is 5.62. The van der Waals surface area contributed by atoms with Gasteiger partial charge < -0.3 is 15.0 Å². The number of nitrogens with two attached hydrogens (primary N) is 1. The number of nitrogens with zero attached hydrogens (tertiary/aromatic N) is 2. The first kappa shape index (κ1) is 13.3. The van der Waals surface area contributed by atoms with Gasteiger partial charge in [0.2, 0.25) is 0 Å². The van der Waals surface area contributed by atoms with Crippen LogP contribution >= 0.6 is 0 Å². The predicted molar refractivity (Wildman–Crippen MR) is 74.3 cm³/mol. The van der Waals surface area contributed by atoms with E-state index in [1.54, 1.807) is 13.2 Å². The molecular weight excluding hydrogens is 242 g/mol. The van der Waals surface area contributed by atoms with Crippen molar-refractivity contribution in [2.75, 3.05) is 19.5 Å². The highest BCUT2D eigenvalue weighted by Gasteiger charge is 2.02. The van der Waals surface area contributed by atoms with Gasteiger partial charge in [0.05, 0.1) is 0 Å². The first-order valence-corrected chi connectivity index (χ1v) is 6.13. The number of hydrogen-bond acceptors (Lipinski definition) is 5. The largest absolute Gasteiger partial charge is 0.399 e. The van der Waals surface area contributed by atoms with Crippen molar-refractivity contribution in [2.45, 2.75) is 12.8 Å². The van der Waals surface area contributed by atoms with E-state index >= 15 is 0 Å². The van der Waals surface area contributed by atoms with Gasteiger partial charge in [-0.3, -0.25) is 0 Å². The lowest BCUT2D eigenvalue weighted by Gasteiger charge is -1.93. The third-order valence-corrected chi connectivity index (χ3v) is 2.59. The molecule has 0 atom stereocenters. The van der Waals surface area contributed by atoms with Crippen molar-refractivity contribution < 1.29 is 9.26 Å². The van der Waals surface area contributed by atoms with Crippen molar-refractivity contribution >= 4 is 17.8 Å². The molecule has 0 amide bonds. The molecule has 0 bridgehead atoms. The lowest BCUT2D eigenvalue weighted by molar-refractivity contribution is 0.194. The van der Waals surface area contributed by atoms with E-state index in [4.69, 9.17) is 15.0 Å². The van der Waals surface area contributed by atoms with Crippen LogP contribution in [0.2, 0.25) is 0 Å². The Bertz CT molecular complexity index is 532. The van der Waals surface area contributed by atoms with Crippen LogP contribution in [0, 0.1) is 0 Å². The molecule has 0 spiro atoms. The van der Waals surface area contributed by atoms with Gasteiger partial charge in [0.1, 0.15) is 0 Å². The minimum absolute atomic E-state index is 0.504. The highest BCUT2D eigenvalue weighted by molar-refractivity contribution is 5.66. The number of benzene rings is 1. The normalized spacial score (nSPS) is 11.2. The Kier molecular flexibility index (Phi) is 4.69. The smallest absolute Gasteiger partial charge is 0.250 e. The van der Waals surface area contributed by atoms with E-state index in [0.717, 1.165) is 24.1 Å². The van der Waals surface area contributed by atoms with Crippen LogP contribution in [0.4, 0.5) is 5.69 Å². The van der Waals surface area contributed by atoms with Gasteiger partial charge in [-0.1, -0.05) is 17.3 Å². The maximum Gasteiger partial charge on any atom is 0.250 e. The van der Waals surface area contributed by atoms with Crippen molar-refractivity contribution in [3.63, 3.8) is 0 Å². The molecule has 0 fully saturated rings. The van der Waals surface area contributed by atoms with Gasteiger partial charge in [-0.25, -0.2) is 0 Å². The minimum atomic E-state index is 0.504. The molecule has 19 heavy (non-hydrogen) atoms. The van der Waals surface area contributed by atoms with Gasteiger partial charge in [0.25, 0.3) is 5.89 Å². The van der Waals surface area contributed by atoms with Gasteiger partial charge >= 0.3 is 0 Å². The number of aryl methyl sites for hydroxylation is 1. The fourth-order valence-electron chi connectivity index (χ4n) is 1.59. The number of anilines is 1. The first-order valence-electron chi connectivity index (χ1n) is 6.13. The second-order valence-electron chi connectivity index (χ2n) is 4.15. The zero-order valence-corrected chi connectivity index (χ0v) is 10.9. The van der Waals surface area contributed by atoms with Gasteiger partial charge in [0, 0.05) is 31.9 Å². The zero-order valence-electron chi connectivity index (χ0n) is 10.9. The summed E-state index contributed by atoms with van der Waals surface area (Å²) in [5, 5.41) is 3.90. The molecule has 1 heterocycles. The van der Waals surface area contributed by atoms with Crippen LogP contribution in [0.5, 0.6) is 0 Å². The van der Waals surface area contributed by atoms with Crippen molar-refractivity contribution in [1.82, 2.24) is 10.1 Å². The van der Waals surface area contributed by atoms with E-state index in [0.29, 0.717) is 18.3 Å². The van der Waals surface area contributed by atoms with E-state index < -0.39 is 0 Å². The third kappa shape index (κ3) is 4.22. The van der Waals surface area contributed by atoms with Crippen LogP contribution in [0.15, 0.2) is 28.8 Å². The Balaban J connectivity index is 1.93. The van der Waals surface area contributed by atoms with Gasteiger partial charge in [-0.05, 0) is 30.2 Å². The fourth-order valence-corrected chi connectivity index (χ4v) is 1.59. The van der Waals surface area contributed by atoms with Crippen LogP contribution in [-0.4, -0.2) is 23.9 Å². The summed E-state index contributed by atoms with van der Waals surface area (Å²) in [7, 11) is 1.68. The van der Waals surface area contributed by atoms with Crippen molar-refractivity contribution in [3.8, 4) is 0 Å². The van der Waals surface area contributed by atoms with Crippen molar-refractivity contribution in [1.29, 1.82) is 0 Å². The summed E-state index contributed by atoms with van der Waals surface area (Å²) in [6, 6.07) is 7.57. The van der Waals surface area contributed by atoms with Crippen molar-refractivity contribution in [2.24, 2.45) is 0 Å². The zero-order chi connectivity index (χ0) is 13.5. The Morgan fingerprint density at radius 3 is 2.79 bits per heavy atom. The molecule has 2 N–H and O–H groups in total. The second-order valence-corrected chi connectivity index (χ2v) is 4.15. The Morgan fingerprint density at radius 2 is 2.05 bits per heavy atom. The summed E-state index contributed by atoms with van der Waals surface area (Å²) in [5.41, 5.74) is 7.40. The molecule has 2 aromatic rings. The quantitative estimate of drug-likeness (QED) is 0.637. The Hall–Kier alpha value is -2.14. The monoisotopic (exact) mass is 259 g/mol. The Morgan fingerprint density at radius 1 is 1.26 bits per heavy atom. The second kappa shape index (κ2) is 6.70. The van der Waals surface area contributed by atoms with E-state index in [1.807, 2.05) is 30.3 Å². The van der Waals surface area contributed by atoms with E-state index in [1.165, 1.54) is 0 Å². The summed E-state index contributed by atoms with van der Waals surface area (Å²) in [6.07, 6.45) is 5.34. The SMILES string of the molecule is COCCCc1noc(/C=C/c2ccc(N)cc2)n1. The summed E-state index contributed by atoms with van der Waals surface area (Å²) in [4.78, 5) is 4.27. The van der Waals surface area contributed by atoms with Gasteiger partial charge in [-0.15, -0.1) is 0 Å². The van der Waals surface area contributed by atoms with Crippen LogP contribution in [-0.2, 0) is 11.2 Å². The molecule has 1 aromatic carbocycles. The van der Waals surface area contributed by atoms with Crippen LogP contribution in [0.1, 0.15) is 23.7 Å². The van der Waals surface area contributed by atoms with Crippen LogP contribution in [0.3, 0.4) is 0 Å². The summed E-state index contributed by atoms with van der Waals surface area (Å²) >= 11 is 0. The molecule has 0 aliphatic rings. The molecule has 100 valence electrons. The number of nitrogen functional groups attached to an aromatic ring is 1. The first-order chi connectivity index (χ1) is 9.28. The molecule has 0 aliphatic carbocycles. The van der Waals surface area contributed by atoms with Crippen LogP contribution < -0.4 is 5.73 Å². The standard InChI is InChI=1S/C14H17N3O2/c1-18-10-2-3-13-16-14(19-17-13)9-6-11-4-7-12(15)8-5-11/h4-9H,2-3,10,15H2,1H3/b9-6+. The molecule has 0 unspecified atom stereocenters. The fraction of sp³-hybridized carbons (Fsp3) is 0.286. The molecule has 0 saturated carbocycles. The average molecular weight is 259 g/mol. The van der Waals surface area contributed by atoms with Gasteiger partial charge in [0.15, 0.2) is 5.82 Å². The third-order valence-electron chi connectivity index (χ3n) is 2.59. The highest BCUT2D eigenvalue weighted by Crippen LogP contribution is 2.10. The number of methoxy groups -OCH3 is 1. The molecule has 1 aromatic heterocycles. The average Bonchev–Trinajstić information content (AvgIpc) is 2.86. The number of ether oxygens (including phenoxy) is 1. The van der Waals surface area contributed by atoms with Gasteiger partial charge in [-0.2, -0.15) is 4.98 Å². The molecule has 2 rings (SSSR count). The van der Waals surface area contributed by atoms with E-state index in [9.17, 15) is 0 Å². The van der Waals surface area contributed by atoms with Crippen LogP contribution in [0.25, 0.3) is 12.2 Å². The lowest BCUT2D eigenvalue weighted by Crippen LogP contribution is -1.94. The predicted octanol–water partition coefficient (Wildman–Crippen LogP) is 2.40. The summed E-state index contributed by atoms with van der Waals surface area (Å²) in [5.74, 6) is 1.21. The summed E-state index contributed by atoms with van der Waals surface area (Å²) < 4.78 is 10.1. The number of rotatable bonds is 6. The molecule has 5 heteroatoms. The van der Waals surface area contributed by atoms with E-state index in [2.05, 4.69) is 10.1 Å². The van der Waals surface area contributed by atoms with E-state index in [-0.39, 0.29) is 0 Å².